The molecule has 0 saturated carbocycles. The van der Waals surface area contributed by atoms with E-state index in [9.17, 15) is 0 Å². The number of aryl methyl sites for hydroxylation is 3. The van der Waals surface area contributed by atoms with E-state index in [2.05, 4.69) is 58.7 Å². The zero-order valence-corrected chi connectivity index (χ0v) is 13.7. The van der Waals surface area contributed by atoms with Crippen LogP contribution in [0, 0.1) is 5.92 Å². The highest BCUT2D eigenvalue weighted by Crippen LogP contribution is 2.22. The van der Waals surface area contributed by atoms with Crippen molar-refractivity contribution in [3.8, 4) is 0 Å². The van der Waals surface area contributed by atoms with Gasteiger partial charge >= 0.3 is 0 Å². The van der Waals surface area contributed by atoms with Crippen molar-refractivity contribution in [3.05, 3.63) is 42.2 Å². The molecule has 4 heteroatoms. The maximum absolute atomic E-state index is 4.38. The SMILES string of the molecule is CCCNC(c1ccn(CCc2nccn2C)c1)C(C)C. The van der Waals surface area contributed by atoms with Gasteiger partial charge in [0.25, 0.3) is 0 Å². The molecule has 0 bridgehead atoms. The van der Waals surface area contributed by atoms with Gasteiger partial charge in [-0.3, -0.25) is 0 Å². The summed E-state index contributed by atoms with van der Waals surface area (Å²) in [4.78, 5) is 4.38. The summed E-state index contributed by atoms with van der Waals surface area (Å²) in [5, 5.41) is 3.65. The highest BCUT2D eigenvalue weighted by Gasteiger charge is 2.15. The quantitative estimate of drug-likeness (QED) is 0.809. The van der Waals surface area contributed by atoms with Crippen LogP contribution in [0.4, 0.5) is 0 Å². The zero-order chi connectivity index (χ0) is 15.2. The van der Waals surface area contributed by atoms with Gasteiger partial charge in [0.15, 0.2) is 0 Å². The zero-order valence-electron chi connectivity index (χ0n) is 13.7. The first-order valence-electron chi connectivity index (χ1n) is 7.97. The van der Waals surface area contributed by atoms with Crippen LogP contribution in [0.2, 0.25) is 0 Å². The number of rotatable bonds is 8. The number of hydrogen-bond acceptors (Lipinski definition) is 2. The average molecular weight is 288 g/mol. The lowest BCUT2D eigenvalue weighted by Crippen LogP contribution is -2.26. The maximum Gasteiger partial charge on any atom is 0.110 e. The van der Waals surface area contributed by atoms with Gasteiger partial charge in [0.05, 0.1) is 0 Å². The summed E-state index contributed by atoms with van der Waals surface area (Å²) < 4.78 is 4.36. The molecule has 1 unspecified atom stereocenters. The van der Waals surface area contributed by atoms with Crippen LogP contribution < -0.4 is 5.32 Å². The molecule has 0 aliphatic rings. The molecule has 0 amide bonds. The molecule has 1 atom stereocenters. The Morgan fingerprint density at radius 3 is 2.71 bits per heavy atom. The van der Waals surface area contributed by atoms with Crippen LogP contribution in [-0.2, 0) is 20.0 Å². The van der Waals surface area contributed by atoms with E-state index in [1.807, 2.05) is 19.4 Å². The molecule has 0 spiro atoms. The first-order valence-corrected chi connectivity index (χ1v) is 7.97. The minimum absolute atomic E-state index is 0.444. The van der Waals surface area contributed by atoms with Crippen molar-refractivity contribution < 1.29 is 0 Å². The Bertz CT molecular complexity index is 538. The lowest BCUT2D eigenvalue weighted by molar-refractivity contribution is 0.412. The van der Waals surface area contributed by atoms with E-state index < -0.39 is 0 Å². The van der Waals surface area contributed by atoms with Crippen LogP contribution in [0.25, 0.3) is 0 Å². The molecule has 21 heavy (non-hydrogen) atoms. The largest absolute Gasteiger partial charge is 0.353 e. The number of imidazole rings is 1. The van der Waals surface area contributed by atoms with E-state index in [0.717, 1.165) is 25.3 Å². The summed E-state index contributed by atoms with van der Waals surface area (Å²) in [6.45, 7) is 8.81. The molecule has 0 aliphatic carbocycles. The molecule has 116 valence electrons. The number of nitrogens with one attached hydrogen (secondary N) is 1. The fourth-order valence-corrected chi connectivity index (χ4v) is 2.69. The van der Waals surface area contributed by atoms with E-state index in [4.69, 9.17) is 0 Å². The molecule has 0 fully saturated rings. The molecule has 0 aliphatic heterocycles. The first kappa shape index (κ1) is 15.8. The topological polar surface area (TPSA) is 34.8 Å². The number of hydrogen-bond donors (Lipinski definition) is 1. The van der Waals surface area contributed by atoms with Gasteiger partial charge < -0.3 is 14.5 Å². The second-order valence-electron chi connectivity index (χ2n) is 6.06. The summed E-state index contributed by atoms with van der Waals surface area (Å²) in [7, 11) is 2.05. The van der Waals surface area contributed by atoms with Gasteiger partial charge in [0, 0.05) is 50.8 Å². The molecule has 4 nitrogen and oxygen atoms in total. The number of nitrogens with zero attached hydrogens (tertiary/aromatic N) is 3. The summed E-state index contributed by atoms with van der Waals surface area (Å²) >= 11 is 0. The Morgan fingerprint density at radius 1 is 1.29 bits per heavy atom. The molecule has 2 aromatic rings. The first-order chi connectivity index (χ1) is 10.1. The van der Waals surface area contributed by atoms with Gasteiger partial charge in [-0.15, -0.1) is 0 Å². The van der Waals surface area contributed by atoms with Gasteiger partial charge in [-0.1, -0.05) is 20.8 Å². The maximum atomic E-state index is 4.38. The predicted molar refractivity (Wildman–Crippen MR) is 87.2 cm³/mol. The Balaban J connectivity index is 1.97. The monoisotopic (exact) mass is 288 g/mol. The molecule has 0 saturated heterocycles. The lowest BCUT2D eigenvalue weighted by atomic mass is 9.98. The van der Waals surface area contributed by atoms with Crippen LogP contribution in [0.15, 0.2) is 30.9 Å². The van der Waals surface area contributed by atoms with E-state index in [-0.39, 0.29) is 0 Å². The minimum Gasteiger partial charge on any atom is -0.353 e. The van der Waals surface area contributed by atoms with Crippen molar-refractivity contribution in [2.24, 2.45) is 13.0 Å². The van der Waals surface area contributed by atoms with Crippen LogP contribution in [0.1, 0.15) is 44.6 Å². The van der Waals surface area contributed by atoms with E-state index in [0.29, 0.717) is 12.0 Å². The van der Waals surface area contributed by atoms with Crippen molar-refractivity contribution in [3.63, 3.8) is 0 Å². The van der Waals surface area contributed by atoms with Crippen molar-refractivity contribution in [2.45, 2.75) is 46.2 Å². The molecule has 2 rings (SSSR count). The third kappa shape index (κ3) is 4.21. The third-order valence-corrected chi connectivity index (χ3v) is 3.93. The highest BCUT2D eigenvalue weighted by atomic mass is 15.0. The summed E-state index contributed by atoms with van der Waals surface area (Å²) in [6.07, 6.45) is 10.5. The molecule has 0 aromatic carbocycles. The van der Waals surface area contributed by atoms with Crippen molar-refractivity contribution in [1.82, 2.24) is 19.4 Å². The fourth-order valence-electron chi connectivity index (χ4n) is 2.69. The van der Waals surface area contributed by atoms with Gasteiger partial charge in [0.1, 0.15) is 5.82 Å². The van der Waals surface area contributed by atoms with Crippen LogP contribution in [0.5, 0.6) is 0 Å². The van der Waals surface area contributed by atoms with Gasteiger partial charge in [-0.05, 0) is 30.5 Å². The Hall–Kier alpha value is -1.55. The molecule has 0 radical (unpaired) electrons. The lowest BCUT2D eigenvalue weighted by Gasteiger charge is -2.21. The Labute approximate surface area is 128 Å². The Kier molecular flexibility index (Phi) is 5.62. The average Bonchev–Trinajstić information content (AvgIpc) is 3.06. The second-order valence-corrected chi connectivity index (χ2v) is 6.06. The highest BCUT2D eigenvalue weighted by molar-refractivity contribution is 5.16. The van der Waals surface area contributed by atoms with E-state index in [1.54, 1.807) is 0 Å². The number of aromatic nitrogens is 3. The standard InChI is InChI=1S/C17H28N4/c1-5-8-19-17(14(2)3)15-6-10-21(13-15)11-7-16-18-9-12-20(16)4/h6,9-10,12-14,17,19H,5,7-8,11H2,1-4H3. The second kappa shape index (κ2) is 7.46. The smallest absolute Gasteiger partial charge is 0.110 e. The molecule has 1 N–H and O–H groups in total. The van der Waals surface area contributed by atoms with Crippen LogP contribution in [0.3, 0.4) is 0 Å². The summed E-state index contributed by atoms with van der Waals surface area (Å²) in [5.41, 5.74) is 1.39. The predicted octanol–water partition coefficient (Wildman–Crippen LogP) is 3.16. The van der Waals surface area contributed by atoms with Gasteiger partial charge in [-0.25, -0.2) is 4.98 Å². The Morgan fingerprint density at radius 2 is 2.10 bits per heavy atom. The van der Waals surface area contributed by atoms with E-state index in [1.165, 1.54) is 12.0 Å². The molecular formula is C17H28N4. The van der Waals surface area contributed by atoms with Crippen molar-refractivity contribution in [1.29, 1.82) is 0 Å². The van der Waals surface area contributed by atoms with E-state index >= 15 is 0 Å². The minimum atomic E-state index is 0.444. The summed E-state index contributed by atoms with van der Waals surface area (Å²) in [5.74, 6) is 1.73. The molecule has 2 aromatic heterocycles. The molecular weight excluding hydrogens is 260 g/mol. The van der Waals surface area contributed by atoms with Crippen LogP contribution >= 0.6 is 0 Å². The van der Waals surface area contributed by atoms with Crippen molar-refractivity contribution in [2.75, 3.05) is 6.54 Å². The van der Waals surface area contributed by atoms with Crippen molar-refractivity contribution >= 4 is 0 Å². The normalized spacial score (nSPS) is 13.0. The van der Waals surface area contributed by atoms with Crippen LogP contribution in [-0.4, -0.2) is 20.7 Å². The van der Waals surface area contributed by atoms with Gasteiger partial charge in [0.2, 0.25) is 0 Å². The van der Waals surface area contributed by atoms with Gasteiger partial charge in [-0.2, -0.15) is 0 Å². The third-order valence-electron chi connectivity index (χ3n) is 3.93. The fraction of sp³-hybridized carbons (Fsp3) is 0.588. The summed E-state index contributed by atoms with van der Waals surface area (Å²) in [6, 6.07) is 2.69. The molecule has 2 heterocycles.